The zero-order valence-corrected chi connectivity index (χ0v) is 8.02. The van der Waals surface area contributed by atoms with E-state index in [1.54, 1.807) is 24.3 Å². The van der Waals surface area contributed by atoms with Crippen molar-refractivity contribution in [3.05, 3.63) is 71.5 Å². The summed E-state index contributed by atoms with van der Waals surface area (Å²) in [5.74, 6) is -0.382. The van der Waals surface area contributed by atoms with Gasteiger partial charge in [-0.2, -0.15) is 0 Å². The molecule has 0 bridgehead atoms. The summed E-state index contributed by atoms with van der Waals surface area (Å²) < 4.78 is 20.6. The van der Waals surface area contributed by atoms with Gasteiger partial charge < -0.3 is 5.11 Å². The summed E-state index contributed by atoms with van der Waals surface area (Å²) in [6, 6.07) is 13.9. The summed E-state index contributed by atoms with van der Waals surface area (Å²) in [5.41, 5.74) is 0.807. The number of hydrogen-bond donors (Lipinski definition) is 1. The summed E-state index contributed by atoms with van der Waals surface area (Å²) in [4.78, 5) is 0. The zero-order chi connectivity index (χ0) is 11.6. The first kappa shape index (κ1) is 8.62. The molecule has 1 atom stereocenters. The molecule has 1 nitrogen and oxygen atoms in total. The van der Waals surface area contributed by atoms with Crippen LogP contribution in [0.4, 0.5) is 4.39 Å². The molecule has 76 valence electrons. The Morgan fingerprint density at radius 3 is 2.07 bits per heavy atom. The van der Waals surface area contributed by atoms with Gasteiger partial charge in [0, 0.05) is 0 Å². The Labute approximate surface area is 89.2 Å². The lowest BCUT2D eigenvalue weighted by atomic mass is 10.0. The van der Waals surface area contributed by atoms with E-state index in [9.17, 15) is 9.50 Å². The van der Waals surface area contributed by atoms with Crippen LogP contribution < -0.4 is 0 Å². The molecule has 2 aromatic carbocycles. The van der Waals surface area contributed by atoms with Gasteiger partial charge in [-0.1, -0.05) is 42.5 Å². The van der Waals surface area contributed by atoms with Crippen LogP contribution in [0.1, 0.15) is 18.6 Å². The standard InChI is InChI=1S/C13H11FO/c14-12-8-6-11(7-9-12)13(15)10-4-2-1-3-5-10/h1-9,13,15H/i13D. The first-order valence-corrected chi connectivity index (χ1v) is 4.64. The van der Waals surface area contributed by atoms with Crippen LogP contribution in [-0.2, 0) is 0 Å². The molecule has 2 rings (SSSR count). The molecule has 0 radical (unpaired) electrons. The van der Waals surface area contributed by atoms with Gasteiger partial charge in [0.1, 0.15) is 11.9 Å². The van der Waals surface area contributed by atoms with Crippen LogP contribution in [0.2, 0.25) is 0 Å². The average molecular weight is 203 g/mol. The van der Waals surface area contributed by atoms with Gasteiger partial charge in [0.05, 0.1) is 1.37 Å². The molecular weight excluding hydrogens is 191 g/mol. The third kappa shape index (κ3) is 2.22. The van der Waals surface area contributed by atoms with Gasteiger partial charge in [-0.05, 0) is 23.3 Å². The molecular formula is C13H11FO. The van der Waals surface area contributed by atoms with Crippen molar-refractivity contribution in [1.82, 2.24) is 0 Å². The summed E-state index contributed by atoms with van der Waals surface area (Å²) in [7, 11) is 0. The second kappa shape index (κ2) is 4.24. The maximum Gasteiger partial charge on any atom is 0.123 e. The predicted molar refractivity (Wildman–Crippen MR) is 56.9 cm³/mol. The maximum absolute atomic E-state index is 12.7. The predicted octanol–water partition coefficient (Wildman–Crippen LogP) is 2.91. The molecule has 1 unspecified atom stereocenters. The molecule has 2 heteroatoms. The highest BCUT2D eigenvalue weighted by Crippen LogP contribution is 2.21. The summed E-state index contributed by atoms with van der Waals surface area (Å²) in [6.45, 7) is 0. The van der Waals surface area contributed by atoms with Crippen LogP contribution in [-0.4, -0.2) is 5.11 Å². The minimum absolute atomic E-state index is 0.347. The third-order valence-corrected chi connectivity index (χ3v) is 2.16. The van der Waals surface area contributed by atoms with Crippen LogP contribution >= 0.6 is 0 Å². The SMILES string of the molecule is [2H]C(O)(c1ccccc1)c1ccc(F)cc1. The van der Waals surface area contributed by atoms with Gasteiger partial charge in [-0.3, -0.25) is 0 Å². The summed E-state index contributed by atoms with van der Waals surface area (Å²) in [5, 5.41) is 10.1. The van der Waals surface area contributed by atoms with Crippen molar-refractivity contribution in [2.75, 3.05) is 0 Å². The van der Waals surface area contributed by atoms with Crippen LogP contribution in [0.25, 0.3) is 0 Å². The van der Waals surface area contributed by atoms with E-state index in [-0.39, 0.29) is 5.82 Å². The fraction of sp³-hybridized carbons (Fsp3) is 0.0769. The molecule has 0 aliphatic heterocycles. The van der Waals surface area contributed by atoms with Crippen molar-refractivity contribution in [1.29, 1.82) is 0 Å². The molecule has 1 N–H and O–H groups in total. The molecule has 0 aromatic heterocycles. The lowest BCUT2D eigenvalue weighted by Gasteiger charge is -2.10. The highest BCUT2D eigenvalue weighted by molar-refractivity contribution is 5.29. The van der Waals surface area contributed by atoms with Crippen molar-refractivity contribution in [2.45, 2.75) is 6.08 Å². The van der Waals surface area contributed by atoms with E-state index in [1.165, 1.54) is 24.3 Å². The average Bonchev–Trinajstić information content (AvgIpc) is 2.31. The highest BCUT2D eigenvalue weighted by Gasteiger charge is 2.08. The fourth-order valence-electron chi connectivity index (χ4n) is 1.37. The van der Waals surface area contributed by atoms with E-state index >= 15 is 0 Å². The largest absolute Gasteiger partial charge is 0.384 e. The second-order valence-electron chi connectivity index (χ2n) is 3.22. The van der Waals surface area contributed by atoms with Crippen LogP contribution in [0.3, 0.4) is 0 Å². The van der Waals surface area contributed by atoms with Crippen molar-refractivity contribution < 1.29 is 10.9 Å². The first-order chi connectivity index (χ1) is 7.60. The second-order valence-corrected chi connectivity index (χ2v) is 3.22. The number of halogens is 1. The van der Waals surface area contributed by atoms with E-state index in [0.717, 1.165) is 0 Å². The Bertz CT molecular complexity index is 465. The van der Waals surface area contributed by atoms with E-state index < -0.39 is 6.08 Å². The van der Waals surface area contributed by atoms with Gasteiger partial charge in [0.15, 0.2) is 0 Å². The van der Waals surface area contributed by atoms with Crippen molar-refractivity contribution >= 4 is 0 Å². The Morgan fingerprint density at radius 1 is 0.933 bits per heavy atom. The van der Waals surface area contributed by atoms with Crippen molar-refractivity contribution in [2.24, 2.45) is 0 Å². The summed E-state index contributed by atoms with van der Waals surface area (Å²) in [6.07, 6.45) is -1.84. The number of rotatable bonds is 2. The van der Waals surface area contributed by atoms with Crippen LogP contribution in [0, 0.1) is 5.82 Å². The zero-order valence-electron chi connectivity index (χ0n) is 9.02. The molecule has 0 fully saturated rings. The first-order valence-electron chi connectivity index (χ1n) is 5.14. The number of aliphatic hydroxyl groups is 1. The Kier molecular flexibility index (Phi) is 2.44. The van der Waals surface area contributed by atoms with Gasteiger partial charge >= 0.3 is 0 Å². The lowest BCUT2D eigenvalue weighted by Crippen LogP contribution is -1.98. The molecule has 0 aliphatic carbocycles. The Morgan fingerprint density at radius 2 is 1.47 bits per heavy atom. The molecule has 0 heterocycles. The van der Waals surface area contributed by atoms with E-state index in [1.807, 2.05) is 6.07 Å². The molecule has 0 saturated heterocycles. The molecule has 0 aliphatic rings. The van der Waals surface area contributed by atoms with E-state index in [2.05, 4.69) is 0 Å². The monoisotopic (exact) mass is 203 g/mol. The van der Waals surface area contributed by atoms with Gasteiger partial charge in [-0.25, -0.2) is 4.39 Å². The molecule has 2 aromatic rings. The minimum atomic E-state index is -1.84. The lowest BCUT2D eigenvalue weighted by molar-refractivity contribution is 0.220. The Hall–Kier alpha value is -1.67. The fourth-order valence-corrected chi connectivity index (χ4v) is 1.37. The van der Waals surface area contributed by atoms with Crippen LogP contribution in [0.5, 0.6) is 0 Å². The topological polar surface area (TPSA) is 20.2 Å². The van der Waals surface area contributed by atoms with Crippen LogP contribution in [0.15, 0.2) is 54.6 Å². The number of hydrogen-bond acceptors (Lipinski definition) is 1. The quantitative estimate of drug-likeness (QED) is 0.795. The maximum atomic E-state index is 12.7. The van der Waals surface area contributed by atoms with Gasteiger partial charge in [-0.15, -0.1) is 0 Å². The molecule has 0 spiro atoms. The number of benzene rings is 2. The smallest absolute Gasteiger partial charge is 0.123 e. The minimum Gasteiger partial charge on any atom is -0.384 e. The summed E-state index contributed by atoms with van der Waals surface area (Å²) >= 11 is 0. The molecule has 15 heavy (non-hydrogen) atoms. The Balaban J connectivity index is 2.43. The molecule has 0 saturated carbocycles. The van der Waals surface area contributed by atoms with E-state index in [4.69, 9.17) is 1.37 Å². The van der Waals surface area contributed by atoms with E-state index in [0.29, 0.717) is 11.1 Å². The van der Waals surface area contributed by atoms with Crippen molar-refractivity contribution in [3.8, 4) is 0 Å². The normalized spacial score (nSPS) is 15.5. The van der Waals surface area contributed by atoms with Gasteiger partial charge in [0.25, 0.3) is 0 Å². The van der Waals surface area contributed by atoms with Gasteiger partial charge in [0.2, 0.25) is 0 Å². The molecule has 0 amide bonds. The van der Waals surface area contributed by atoms with Crippen molar-refractivity contribution in [3.63, 3.8) is 0 Å². The third-order valence-electron chi connectivity index (χ3n) is 2.16. The highest BCUT2D eigenvalue weighted by atomic mass is 19.1.